The number of aryl methyl sites for hydroxylation is 2. The summed E-state index contributed by atoms with van der Waals surface area (Å²) in [5.74, 6) is -0.381. The summed E-state index contributed by atoms with van der Waals surface area (Å²) >= 11 is 1.10. The van der Waals surface area contributed by atoms with Gasteiger partial charge in [-0.25, -0.2) is 0 Å². The Morgan fingerprint density at radius 2 is 1.72 bits per heavy atom. The molecule has 9 heteroatoms. The lowest BCUT2D eigenvalue weighted by Crippen LogP contribution is -2.23. The number of carbonyl (C=O) groups is 2. The summed E-state index contributed by atoms with van der Waals surface area (Å²) < 4.78 is 0. The first-order chi connectivity index (χ1) is 15.3. The predicted molar refractivity (Wildman–Crippen MR) is 127 cm³/mol. The molecule has 8 nitrogen and oxygen atoms in total. The maximum atomic E-state index is 12.7. The molecule has 0 unspecified atom stereocenters. The third-order valence-corrected chi connectivity index (χ3v) is 5.65. The molecule has 3 aromatic rings. The van der Waals surface area contributed by atoms with Gasteiger partial charge in [0.25, 0.3) is 5.56 Å². The van der Waals surface area contributed by atoms with E-state index in [0.29, 0.717) is 23.4 Å². The van der Waals surface area contributed by atoms with Crippen LogP contribution in [0.4, 0.5) is 11.4 Å². The van der Waals surface area contributed by atoms with Crippen LogP contribution in [0.3, 0.4) is 0 Å². The lowest BCUT2D eigenvalue weighted by atomic mass is 10.1. The van der Waals surface area contributed by atoms with Gasteiger partial charge in [-0.05, 0) is 45.0 Å². The van der Waals surface area contributed by atoms with Crippen LogP contribution in [-0.4, -0.2) is 32.2 Å². The monoisotopic (exact) mass is 451 g/mol. The number of benzene rings is 2. The van der Waals surface area contributed by atoms with E-state index in [1.54, 1.807) is 26.0 Å². The van der Waals surface area contributed by atoms with Crippen LogP contribution in [0.2, 0.25) is 0 Å². The van der Waals surface area contributed by atoms with E-state index in [2.05, 4.69) is 25.8 Å². The van der Waals surface area contributed by atoms with Gasteiger partial charge in [0.2, 0.25) is 11.8 Å². The first-order valence-electron chi connectivity index (χ1n) is 10.2. The first kappa shape index (κ1) is 23.2. The molecule has 1 heterocycles. The van der Waals surface area contributed by atoms with E-state index in [1.165, 1.54) is 0 Å². The summed E-state index contributed by atoms with van der Waals surface area (Å²) in [6.07, 6.45) is 0.313. The minimum absolute atomic E-state index is 0.0983. The Labute approximate surface area is 190 Å². The fraction of sp³-hybridized carbons (Fsp3) is 0.261. The summed E-state index contributed by atoms with van der Waals surface area (Å²) in [7, 11) is 0. The molecule has 0 saturated heterocycles. The summed E-state index contributed by atoms with van der Waals surface area (Å²) in [4.78, 5) is 39.8. The average Bonchev–Trinajstić information content (AvgIpc) is 2.76. The van der Waals surface area contributed by atoms with Crippen molar-refractivity contribution >= 4 is 35.0 Å². The molecule has 32 heavy (non-hydrogen) atoms. The zero-order valence-electron chi connectivity index (χ0n) is 18.4. The maximum absolute atomic E-state index is 12.7. The van der Waals surface area contributed by atoms with Crippen LogP contribution in [0.25, 0.3) is 11.3 Å². The predicted octanol–water partition coefficient (Wildman–Crippen LogP) is 3.92. The highest BCUT2D eigenvalue weighted by atomic mass is 32.2. The number of hydrogen-bond acceptors (Lipinski definition) is 6. The number of aromatic nitrogens is 3. The van der Waals surface area contributed by atoms with Gasteiger partial charge >= 0.3 is 0 Å². The summed E-state index contributed by atoms with van der Waals surface area (Å²) in [6.45, 7) is 7.33. The quantitative estimate of drug-likeness (QED) is 0.469. The third-order valence-electron chi connectivity index (χ3n) is 4.68. The van der Waals surface area contributed by atoms with Gasteiger partial charge in [-0.15, -0.1) is 10.2 Å². The molecule has 0 radical (unpaired) electrons. The van der Waals surface area contributed by atoms with Gasteiger partial charge in [0.05, 0.1) is 10.9 Å². The van der Waals surface area contributed by atoms with E-state index in [-0.39, 0.29) is 22.7 Å². The van der Waals surface area contributed by atoms with Crippen LogP contribution in [0, 0.1) is 13.8 Å². The average molecular weight is 452 g/mol. The zero-order valence-corrected chi connectivity index (χ0v) is 19.2. The summed E-state index contributed by atoms with van der Waals surface area (Å²) in [6, 6.07) is 12.8. The molecule has 1 atom stereocenters. The lowest BCUT2D eigenvalue weighted by molar-refractivity contribution is -0.116. The molecule has 0 aliphatic carbocycles. The van der Waals surface area contributed by atoms with Crippen LogP contribution in [-0.2, 0) is 9.59 Å². The zero-order chi connectivity index (χ0) is 23.3. The Bertz CT molecular complexity index is 1190. The van der Waals surface area contributed by atoms with Crippen LogP contribution in [0.5, 0.6) is 0 Å². The number of hydrogen-bond donors (Lipinski definition) is 3. The molecule has 0 aliphatic heterocycles. The van der Waals surface area contributed by atoms with E-state index >= 15 is 0 Å². The van der Waals surface area contributed by atoms with E-state index < -0.39 is 10.8 Å². The van der Waals surface area contributed by atoms with E-state index in [4.69, 9.17) is 0 Å². The van der Waals surface area contributed by atoms with E-state index in [9.17, 15) is 14.4 Å². The topological polar surface area (TPSA) is 117 Å². The van der Waals surface area contributed by atoms with Gasteiger partial charge in [-0.2, -0.15) is 0 Å². The standard InChI is InChI=1S/C23H25N5O3S/c1-5-19(29)25-18-11-8-14(3)12-17(18)20-22(31)26-23(28-27-20)32-15(4)21(30)24-16-9-6-13(2)7-10-16/h6-12,15H,5H2,1-4H3,(H,24,30)(H,25,29)(H,26,28,31)/t15-/m1/s1. The van der Waals surface area contributed by atoms with Crippen LogP contribution < -0.4 is 16.2 Å². The molecule has 0 aliphatic rings. The minimum atomic E-state index is -0.509. The Morgan fingerprint density at radius 3 is 2.38 bits per heavy atom. The number of anilines is 2. The molecular weight excluding hydrogens is 426 g/mol. The Morgan fingerprint density at radius 1 is 1.03 bits per heavy atom. The van der Waals surface area contributed by atoms with Crippen LogP contribution in [0.15, 0.2) is 52.4 Å². The van der Waals surface area contributed by atoms with E-state index in [1.807, 2.05) is 44.2 Å². The van der Waals surface area contributed by atoms with Crippen molar-refractivity contribution in [1.29, 1.82) is 0 Å². The minimum Gasteiger partial charge on any atom is -0.325 e. The first-order valence-corrected chi connectivity index (χ1v) is 11.1. The maximum Gasteiger partial charge on any atom is 0.278 e. The highest BCUT2D eigenvalue weighted by molar-refractivity contribution is 8.00. The number of carbonyl (C=O) groups excluding carboxylic acids is 2. The van der Waals surface area contributed by atoms with Crippen molar-refractivity contribution in [2.75, 3.05) is 10.6 Å². The fourth-order valence-electron chi connectivity index (χ4n) is 2.85. The molecule has 3 N–H and O–H groups in total. The van der Waals surface area contributed by atoms with Crippen molar-refractivity contribution in [3.8, 4) is 11.3 Å². The number of thioether (sulfide) groups is 1. The van der Waals surface area contributed by atoms with Crippen molar-refractivity contribution in [3.63, 3.8) is 0 Å². The van der Waals surface area contributed by atoms with Crippen LogP contribution in [0.1, 0.15) is 31.4 Å². The van der Waals surface area contributed by atoms with Gasteiger partial charge in [0.15, 0.2) is 10.9 Å². The number of nitrogens with one attached hydrogen (secondary N) is 3. The normalized spacial score (nSPS) is 11.6. The van der Waals surface area contributed by atoms with Crippen LogP contribution >= 0.6 is 11.8 Å². The number of nitrogens with zero attached hydrogens (tertiary/aromatic N) is 2. The Kier molecular flexibility index (Phi) is 7.42. The third kappa shape index (κ3) is 5.82. The molecule has 0 bridgehead atoms. The summed E-state index contributed by atoms with van der Waals surface area (Å²) in [5, 5.41) is 13.5. The van der Waals surface area contributed by atoms with Crippen molar-refractivity contribution in [2.24, 2.45) is 0 Å². The molecule has 0 saturated carbocycles. The molecule has 166 valence electrons. The van der Waals surface area contributed by atoms with Gasteiger partial charge in [-0.1, -0.05) is 48.0 Å². The lowest BCUT2D eigenvalue weighted by Gasteiger charge is -2.12. The molecule has 1 aromatic heterocycles. The second-order valence-electron chi connectivity index (χ2n) is 7.37. The smallest absolute Gasteiger partial charge is 0.278 e. The SMILES string of the molecule is CCC(=O)Nc1ccc(C)cc1-c1nnc(S[C@H](C)C(=O)Nc2ccc(C)cc2)[nH]c1=O. The van der Waals surface area contributed by atoms with Gasteiger partial charge in [-0.3, -0.25) is 19.4 Å². The second kappa shape index (κ2) is 10.2. The molecule has 2 aromatic carbocycles. The molecule has 2 amide bonds. The van der Waals surface area contributed by atoms with Crippen molar-refractivity contribution < 1.29 is 9.59 Å². The highest BCUT2D eigenvalue weighted by Crippen LogP contribution is 2.26. The number of aromatic amines is 1. The number of rotatable bonds is 7. The second-order valence-corrected chi connectivity index (χ2v) is 8.70. The van der Waals surface area contributed by atoms with E-state index in [0.717, 1.165) is 22.9 Å². The Balaban J connectivity index is 1.77. The Hall–Kier alpha value is -3.46. The highest BCUT2D eigenvalue weighted by Gasteiger charge is 2.19. The molecule has 0 spiro atoms. The number of H-pyrrole nitrogens is 1. The molecule has 0 fully saturated rings. The van der Waals surface area contributed by atoms with Gasteiger partial charge in [0.1, 0.15) is 0 Å². The number of amides is 2. The van der Waals surface area contributed by atoms with Gasteiger partial charge in [0, 0.05) is 17.7 Å². The molecular formula is C23H25N5O3S. The van der Waals surface area contributed by atoms with Crippen molar-refractivity contribution in [2.45, 2.75) is 44.5 Å². The van der Waals surface area contributed by atoms with Gasteiger partial charge < -0.3 is 10.6 Å². The summed E-state index contributed by atoms with van der Waals surface area (Å²) in [5.41, 5.74) is 3.34. The van der Waals surface area contributed by atoms with Crippen molar-refractivity contribution in [1.82, 2.24) is 15.2 Å². The largest absolute Gasteiger partial charge is 0.325 e. The van der Waals surface area contributed by atoms with Crippen molar-refractivity contribution in [3.05, 3.63) is 63.9 Å². The molecule has 3 rings (SSSR count). The fourth-order valence-corrected chi connectivity index (χ4v) is 3.60.